The largest absolute Gasteiger partial charge is 0.480 e. The summed E-state index contributed by atoms with van der Waals surface area (Å²) in [5.41, 5.74) is -1.77. The summed E-state index contributed by atoms with van der Waals surface area (Å²) >= 11 is 0. The van der Waals surface area contributed by atoms with E-state index in [-0.39, 0.29) is 11.5 Å². The first-order chi connectivity index (χ1) is 18.9. The summed E-state index contributed by atoms with van der Waals surface area (Å²) in [6.45, 7) is 2.95. The molecule has 0 aromatic heterocycles. The van der Waals surface area contributed by atoms with Gasteiger partial charge >= 0.3 is 12.1 Å². The molecule has 5 rings (SSSR count). The molecule has 2 aliphatic heterocycles. The van der Waals surface area contributed by atoms with E-state index in [1.165, 1.54) is 31.2 Å². The molecule has 2 heterocycles. The fourth-order valence-electron chi connectivity index (χ4n) is 5.68. The average molecular weight is 555 g/mol. The zero-order valence-corrected chi connectivity index (χ0v) is 21.3. The third-order valence-corrected chi connectivity index (χ3v) is 7.58. The van der Waals surface area contributed by atoms with Crippen molar-refractivity contribution < 1.29 is 42.5 Å². The predicted octanol–water partition coefficient (Wildman–Crippen LogP) is 4.46. The van der Waals surface area contributed by atoms with Gasteiger partial charge in [-0.05, 0) is 61.4 Å². The summed E-state index contributed by atoms with van der Waals surface area (Å²) in [4.78, 5) is 41.2. The fraction of sp³-hybridized carbons (Fsp3) is 0.276. The standard InChI is InChI=1S/C29H25F3N2O6/c1-15-7-3-4-12-21(15)34-25(36)22-23(26(34)37)28(16(2)35,27(38)39)33-24(22)17-8-5-10-19(13-17)40-20-11-6-9-18(14-20)29(30,31)32/h3-14,16,22-24,33,35H,1-2H3,(H,38,39). The van der Waals surface area contributed by atoms with Gasteiger partial charge in [-0.1, -0.05) is 36.4 Å². The summed E-state index contributed by atoms with van der Waals surface area (Å²) in [5.74, 6) is -5.45. The minimum absolute atomic E-state index is 0.0778. The maximum Gasteiger partial charge on any atom is 0.416 e. The van der Waals surface area contributed by atoms with Gasteiger partial charge in [0.2, 0.25) is 11.8 Å². The molecule has 0 radical (unpaired) electrons. The van der Waals surface area contributed by atoms with Crippen molar-refractivity contribution in [3.8, 4) is 11.5 Å². The second kappa shape index (κ2) is 9.76. The lowest BCUT2D eigenvalue weighted by Gasteiger charge is -2.33. The lowest BCUT2D eigenvalue weighted by Crippen LogP contribution is -2.62. The van der Waals surface area contributed by atoms with E-state index in [1.54, 1.807) is 43.3 Å². The van der Waals surface area contributed by atoms with Crippen LogP contribution in [0.1, 0.15) is 29.7 Å². The van der Waals surface area contributed by atoms with Crippen molar-refractivity contribution in [2.24, 2.45) is 11.8 Å². The highest BCUT2D eigenvalue weighted by atomic mass is 19.4. The molecule has 208 valence electrons. The van der Waals surface area contributed by atoms with Crippen LogP contribution in [0.2, 0.25) is 0 Å². The number of benzene rings is 3. The van der Waals surface area contributed by atoms with Crippen LogP contribution in [0.15, 0.2) is 72.8 Å². The number of aliphatic hydroxyl groups excluding tert-OH is 1. The number of carbonyl (C=O) groups excluding carboxylic acids is 2. The second-order valence-electron chi connectivity index (χ2n) is 9.97. The van der Waals surface area contributed by atoms with Crippen molar-refractivity contribution in [3.63, 3.8) is 0 Å². The number of hydrogen-bond donors (Lipinski definition) is 3. The summed E-state index contributed by atoms with van der Waals surface area (Å²) < 4.78 is 45.1. The number of nitrogens with one attached hydrogen (secondary N) is 1. The summed E-state index contributed by atoms with van der Waals surface area (Å²) in [5, 5.41) is 23.8. The van der Waals surface area contributed by atoms with Gasteiger partial charge in [-0.3, -0.25) is 19.7 Å². The number of aliphatic hydroxyl groups is 1. The van der Waals surface area contributed by atoms with Crippen molar-refractivity contribution in [2.45, 2.75) is 37.7 Å². The van der Waals surface area contributed by atoms with Crippen molar-refractivity contribution in [1.29, 1.82) is 0 Å². The van der Waals surface area contributed by atoms with Crippen LogP contribution >= 0.6 is 0 Å². The maximum absolute atomic E-state index is 13.8. The van der Waals surface area contributed by atoms with Crippen LogP contribution in [0.25, 0.3) is 0 Å². The normalized spacial score (nSPS) is 25.1. The quantitative estimate of drug-likeness (QED) is 0.386. The topological polar surface area (TPSA) is 116 Å². The molecule has 3 aromatic carbocycles. The van der Waals surface area contributed by atoms with Gasteiger partial charge in [0, 0.05) is 6.04 Å². The fourth-order valence-corrected chi connectivity index (χ4v) is 5.68. The van der Waals surface area contributed by atoms with Gasteiger partial charge in [-0.25, -0.2) is 4.90 Å². The Morgan fingerprint density at radius 1 is 1.00 bits per heavy atom. The first kappa shape index (κ1) is 27.4. The Bertz CT molecular complexity index is 1510. The Balaban J connectivity index is 1.56. The van der Waals surface area contributed by atoms with Gasteiger partial charge < -0.3 is 14.9 Å². The zero-order valence-electron chi connectivity index (χ0n) is 21.3. The number of amides is 2. The Hall–Kier alpha value is -4.22. The molecule has 2 saturated heterocycles. The molecular weight excluding hydrogens is 529 g/mol. The van der Waals surface area contributed by atoms with Crippen LogP contribution in [-0.4, -0.2) is 39.6 Å². The van der Waals surface area contributed by atoms with E-state index < -0.39 is 59.0 Å². The molecule has 0 spiro atoms. The number of para-hydroxylation sites is 1. The van der Waals surface area contributed by atoms with Crippen molar-refractivity contribution in [1.82, 2.24) is 5.32 Å². The molecule has 0 aliphatic carbocycles. The van der Waals surface area contributed by atoms with Gasteiger partial charge in [0.25, 0.3) is 0 Å². The lowest BCUT2D eigenvalue weighted by atomic mass is 9.76. The predicted molar refractivity (Wildman–Crippen MR) is 137 cm³/mol. The molecule has 11 heteroatoms. The summed E-state index contributed by atoms with van der Waals surface area (Å²) in [7, 11) is 0. The van der Waals surface area contributed by atoms with Gasteiger partial charge in [0.1, 0.15) is 11.5 Å². The number of carboxylic acid groups (broad SMARTS) is 1. The maximum atomic E-state index is 13.8. The molecule has 40 heavy (non-hydrogen) atoms. The number of nitrogens with zero attached hydrogens (tertiary/aromatic N) is 1. The number of alkyl halides is 3. The van der Waals surface area contributed by atoms with Gasteiger partial charge in [-0.15, -0.1) is 0 Å². The smallest absolute Gasteiger partial charge is 0.416 e. The van der Waals surface area contributed by atoms with Crippen LogP contribution in [-0.2, 0) is 20.6 Å². The SMILES string of the molecule is Cc1ccccc1N1C(=O)C2C(c3cccc(Oc4cccc(C(F)(F)F)c4)c3)NC(C(=O)O)(C(C)O)C2C1=O. The molecule has 0 bridgehead atoms. The molecule has 2 amide bonds. The first-order valence-corrected chi connectivity index (χ1v) is 12.4. The molecule has 3 aromatic rings. The summed E-state index contributed by atoms with van der Waals surface area (Å²) in [6, 6.07) is 16.1. The van der Waals surface area contributed by atoms with Crippen LogP contribution in [0.4, 0.5) is 18.9 Å². The van der Waals surface area contributed by atoms with Crippen molar-refractivity contribution in [2.75, 3.05) is 4.90 Å². The van der Waals surface area contributed by atoms with Crippen molar-refractivity contribution >= 4 is 23.5 Å². The van der Waals surface area contributed by atoms with E-state index in [0.717, 1.165) is 17.0 Å². The van der Waals surface area contributed by atoms with Crippen LogP contribution in [0.3, 0.4) is 0 Å². The molecule has 3 N–H and O–H groups in total. The highest BCUT2D eigenvalue weighted by Crippen LogP contribution is 2.51. The highest BCUT2D eigenvalue weighted by molar-refractivity contribution is 6.24. The second-order valence-corrected chi connectivity index (χ2v) is 9.97. The number of carbonyl (C=O) groups is 3. The highest BCUT2D eigenvalue weighted by Gasteiger charge is 2.70. The number of rotatable bonds is 6. The number of imide groups is 1. The monoisotopic (exact) mass is 554 g/mol. The lowest BCUT2D eigenvalue weighted by molar-refractivity contribution is -0.154. The van der Waals surface area contributed by atoms with E-state index in [0.29, 0.717) is 16.8 Å². The summed E-state index contributed by atoms with van der Waals surface area (Å²) in [6.07, 6.45) is -6.13. The third kappa shape index (κ3) is 4.31. The molecule has 5 unspecified atom stereocenters. The van der Waals surface area contributed by atoms with Gasteiger partial charge in [0.05, 0.1) is 29.2 Å². The number of hydrogen-bond acceptors (Lipinski definition) is 6. The molecule has 2 fully saturated rings. The average Bonchev–Trinajstić information content (AvgIpc) is 3.39. The van der Waals surface area contributed by atoms with E-state index in [4.69, 9.17) is 4.74 Å². The van der Waals surface area contributed by atoms with Crippen molar-refractivity contribution in [3.05, 3.63) is 89.5 Å². The molecule has 0 saturated carbocycles. The minimum atomic E-state index is -4.57. The van der Waals surface area contributed by atoms with E-state index >= 15 is 0 Å². The number of aliphatic carboxylic acids is 1. The molecule has 5 atom stereocenters. The number of ether oxygens (including phenoxy) is 1. The van der Waals surface area contributed by atoms with E-state index in [9.17, 15) is 37.8 Å². The number of anilines is 1. The molecule has 8 nitrogen and oxygen atoms in total. The molecular formula is C29H25F3N2O6. The minimum Gasteiger partial charge on any atom is -0.480 e. The third-order valence-electron chi connectivity index (χ3n) is 7.58. The number of carboxylic acids is 1. The number of fused-ring (bicyclic) bond motifs is 1. The van der Waals surface area contributed by atoms with Gasteiger partial charge in [-0.2, -0.15) is 13.2 Å². The molecule has 2 aliphatic rings. The van der Waals surface area contributed by atoms with Crippen LogP contribution in [0.5, 0.6) is 11.5 Å². The Labute approximate surface area is 227 Å². The number of aryl methyl sites for hydroxylation is 1. The first-order valence-electron chi connectivity index (χ1n) is 12.4. The Kier molecular flexibility index (Phi) is 6.67. The Morgan fingerprint density at radius 3 is 2.27 bits per heavy atom. The van der Waals surface area contributed by atoms with Crippen LogP contribution in [0, 0.1) is 18.8 Å². The van der Waals surface area contributed by atoms with E-state index in [2.05, 4.69) is 5.32 Å². The zero-order chi connectivity index (χ0) is 29.0. The number of halogens is 3. The van der Waals surface area contributed by atoms with Crippen LogP contribution < -0.4 is 15.0 Å². The van der Waals surface area contributed by atoms with Gasteiger partial charge in [0.15, 0.2) is 5.54 Å². The van der Waals surface area contributed by atoms with E-state index in [1.807, 2.05) is 0 Å². The Morgan fingerprint density at radius 2 is 1.65 bits per heavy atom.